The quantitative estimate of drug-likeness (QED) is 0.0971. The molecule has 318 valence electrons. The fourth-order valence-electron chi connectivity index (χ4n) is 14.4. The number of terminal acetylenes is 1. The van der Waals surface area contributed by atoms with Crippen molar-refractivity contribution in [1.82, 2.24) is 0 Å². The van der Waals surface area contributed by atoms with E-state index in [1.54, 1.807) is 0 Å². The van der Waals surface area contributed by atoms with Crippen molar-refractivity contribution in [3.05, 3.63) is 11.6 Å². The molecule has 12 heteroatoms. The summed E-state index contributed by atoms with van der Waals surface area (Å²) >= 11 is 0. The highest BCUT2D eigenvalue weighted by atomic mass is 16.8. The Labute approximate surface area is 333 Å². The second-order valence-electron chi connectivity index (χ2n) is 21.0. The first-order valence-electron chi connectivity index (χ1n) is 21.1. The Morgan fingerprint density at radius 1 is 0.929 bits per heavy atom. The predicted octanol–water partition coefficient (Wildman–Crippen LogP) is 3.55. The average molecular weight is 791 g/mol. The van der Waals surface area contributed by atoms with Crippen molar-refractivity contribution in [2.24, 2.45) is 44.8 Å². The van der Waals surface area contributed by atoms with Crippen molar-refractivity contribution in [1.29, 1.82) is 0 Å². The summed E-state index contributed by atoms with van der Waals surface area (Å²) < 4.78 is 31.9. The first-order chi connectivity index (χ1) is 26.0. The highest BCUT2D eigenvalue weighted by molar-refractivity contribution is 5.26. The van der Waals surface area contributed by atoms with Crippen LogP contribution in [0.2, 0.25) is 0 Å². The fraction of sp³-hybridized carbons (Fsp3) is 0.909. The molecule has 0 aromatic carbocycles. The van der Waals surface area contributed by atoms with Gasteiger partial charge in [0.2, 0.25) is 0 Å². The molecule has 2 saturated heterocycles. The minimum absolute atomic E-state index is 0.000904. The van der Waals surface area contributed by atoms with E-state index < -0.39 is 90.1 Å². The van der Waals surface area contributed by atoms with Crippen LogP contribution in [0.5, 0.6) is 0 Å². The van der Waals surface area contributed by atoms with Gasteiger partial charge >= 0.3 is 0 Å². The zero-order valence-corrected chi connectivity index (χ0v) is 35.0. The standard InChI is InChI=1S/C44H70O12/c1-11-52-31-20-29-39(6)17-15-30(47)38(4,5)32(39)26(21-40(29,7)42(9)18-14-28(43(31,42)10)41(8,50)16-12-13-23(2)3)54-36-25(19-24(46)27(22-45)55-36)53-37-34(49)44(51)33(48)35(44)56-37/h1,13,24-37,45-51H,12,14-22H2,2-10H3/t24-,25?,26-,27?,28+,29+,30-,31+,32-,33-,34?,35?,36+,37+,39+,40+,41-,42-,43-,44?/m0/s1. The first-order valence-corrected chi connectivity index (χ1v) is 21.1. The van der Waals surface area contributed by atoms with Crippen molar-refractivity contribution < 1.29 is 59.4 Å². The molecule has 7 aliphatic rings. The number of ether oxygens (including phenoxy) is 5. The summed E-state index contributed by atoms with van der Waals surface area (Å²) in [6, 6.07) is 0. The summed E-state index contributed by atoms with van der Waals surface area (Å²) in [5, 5.41) is 77.1. The van der Waals surface area contributed by atoms with Gasteiger partial charge in [-0.1, -0.05) is 59.6 Å². The highest BCUT2D eigenvalue weighted by Gasteiger charge is 2.79. The lowest BCUT2D eigenvalue weighted by atomic mass is 9.32. The SMILES string of the molecule is C#CO[C@@H]1C[C@@H]2[C@@]3(C)CC[C@H](O)C(C)(C)[C@@H]3[C@@H](O[C@@H]3OC(CO)[C@@H](O)CC3O[C@@H]3OC4[C@H](O)C4(O)C3O)C[C@@]2(C)[C@]2(C)CC[C@H]([C@@](C)(O)CCC=C(C)C)[C@@]12C. The van der Waals surface area contributed by atoms with E-state index >= 15 is 0 Å². The number of aliphatic hydroxyl groups is 7. The van der Waals surface area contributed by atoms with Crippen LogP contribution in [-0.2, 0) is 23.7 Å². The van der Waals surface area contributed by atoms with Crippen LogP contribution in [0.3, 0.4) is 0 Å². The molecule has 0 amide bonds. The second-order valence-corrected chi connectivity index (χ2v) is 21.0. The lowest BCUT2D eigenvalue weighted by molar-refractivity contribution is -0.355. The van der Waals surface area contributed by atoms with Crippen molar-refractivity contribution in [3.63, 3.8) is 0 Å². The van der Waals surface area contributed by atoms with E-state index in [4.69, 9.17) is 30.1 Å². The van der Waals surface area contributed by atoms with Crippen LogP contribution in [0.4, 0.5) is 0 Å². The summed E-state index contributed by atoms with van der Waals surface area (Å²) in [5.41, 5.74) is -3.83. The molecule has 0 radical (unpaired) electrons. The van der Waals surface area contributed by atoms with Crippen molar-refractivity contribution >= 4 is 0 Å². The largest absolute Gasteiger partial charge is 0.443 e. The molecule has 2 heterocycles. The van der Waals surface area contributed by atoms with Gasteiger partial charge in [-0.15, -0.1) is 0 Å². The van der Waals surface area contributed by atoms with E-state index in [-0.39, 0.29) is 46.5 Å². The number of hydrogen-bond donors (Lipinski definition) is 7. The molecule has 7 N–H and O–H groups in total. The van der Waals surface area contributed by atoms with E-state index in [0.717, 1.165) is 25.7 Å². The van der Waals surface area contributed by atoms with Gasteiger partial charge in [0.15, 0.2) is 18.2 Å². The van der Waals surface area contributed by atoms with Crippen LogP contribution in [-0.4, -0.2) is 121 Å². The Balaban J connectivity index is 1.28. The maximum atomic E-state index is 12.4. The summed E-state index contributed by atoms with van der Waals surface area (Å²) in [4.78, 5) is 0. The summed E-state index contributed by atoms with van der Waals surface area (Å²) in [6.45, 7) is 19.3. The van der Waals surface area contributed by atoms with E-state index in [2.05, 4.69) is 67.6 Å². The van der Waals surface area contributed by atoms with Crippen LogP contribution in [0, 0.1) is 57.4 Å². The molecule has 0 aromatic heterocycles. The van der Waals surface area contributed by atoms with E-state index in [9.17, 15) is 35.7 Å². The molecular formula is C44H70O12. The first kappa shape index (κ1) is 42.8. The van der Waals surface area contributed by atoms with Crippen molar-refractivity contribution in [3.8, 4) is 12.5 Å². The summed E-state index contributed by atoms with van der Waals surface area (Å²) in [6.07, 6.45) is 5.83. The molecule has 2 aliphatic heterocycles. The number of rotatable bonds is 10. The van der Waals surface area contributed by atoms with Gasteiger partial charge < -0.3 is 59.4 Å². The van der Waals surface area contributed by atoms with Gasteiger partial charge in [-0.3, -0.25) is 0 Å². The molecule has 7 rings (SSSR count). The van der Waals surface area contributed by atoms with E-state index in [0.29, 0.717) is 25.7 Å². The summed E-state index contributed by atoms with van der Waals surface area (Å²) in [7, 11) is 0. The Morgan fingerprint density at radius 2 is 1.61 bits per heavy atom. The third-order valence-corrected chi connectivity index (χ3v) is 17.7. The monoisotopic (exact) mass is 790 g/mol. The molecule has 20 atom stereocenters. The van der Waals surface area contributed by atoms with Crippen LogP contribution < -0.4 is 0 Å². The van der Waals surface area contributed by atoms with Gasteiger partial charge in [0.25, 0.3) is 0 Å². The lowest BCUT2D eigenvalue weighted by Gasteiger charge is -2.74. The lowest BCUT2D eigenvalue weighted by Crippen LogP contribution is -2.73. The number of fused-ring (bicyclic) bond motifs is 6. The van der Waals surface area contributed by atoms with Crippen LogP contribution in [0.1, 0.15) is 120 Å². The third-order valence-electron chi connectivity index (χ3n) is 17.7. The maximum absolute atomic E-state index is 12.4. The van der Waals surface area contributed by atoms with E-state index in [1.807, 2.05) is 6.92 Å². The maximum Gasteiger partial charge on any atom is 0.187 e. The molecule has 56 heavy (non-hydrogen) atoms. The minimum Gasteiger partial charge on any atom is -0.443 e. The number of aliphatic hydroxyl groups excluding tert-OH is 5. The predicted molar refractivity (Wildman–Crippen MR) is 205 cm³/mol. The van der Waals surface area contributed by atoms with Gasteiger partial charge in [0, 0.05) is 11.8 Å². The Kier molecular flexibility index (Phi) is 10.8. The molecule has 0 bridgehead atoms. The number of allylic oxidation sites excluding steroid dienone is 2. The zero-order chi connectivity index (χ0) is 41.2. The molecule has 0 aromatic rings. The Hall–Kier alpha value is -1.34. The Morgan fingerprint density at radius 3 is 2.21 bits per heavy atom. The third kappa shape index (κ3) is 5.95. The molecule has 12 nitrogen and oxygen atoms in total. The molecule has 5 aliphatic carbocycles. The van der Waals surface area contributed by atoms with Gasteiger partial charge in [0.05, 0.1) is 30.5 Å². The van der Waals surface area contributed by atoms with Gasteiger partial charge in [-0.25, -0.2) is 0 Å². The van der Waals surface area contributed by atoms with E-state index in [1.165, 1.54) is 5.57 Å². The van der Waals surface area contributed by atoms with Crippen LogP contribution in [0.15, 0.2) is 11.6 Å². The van der Waals surface area contributed by atoms with Gasteiger partial charge in [0.1, 0.15) is 42.7 Å². The molecule has 5 unspecified atom stereocenters. The number of hydrogen-bond acceptors (Lipinski definition) is 12. The van der Waals surface area contributed by atoms with Crippen molar-refractivity contribution in [2.45, 2.75) is 199 Å². The van der Waals surface area contributed by atoms with Gasteiger partial charge in [-0.05, 0) is 112 Å². The highest BCUT2D eigenvalue weighted by Crippen LogP contribution is 2.80. The minimum atomic E-state index is -1.83. The normalized spacial score (nSPS) is 54.1. The average Bonchev–Trinajstić information content (AvgIpc) is 3.32. The van der Waals surface area contributed by atoms with Gasteiger partial charge in [-0.2, -0.15) is 0 Å². The fourth-order valence-corrected chi connectivity index (χ4v) is 14.4. The molecular weight excluding hydrogens is 720 g/mol. The second kappa shape index (κ2) is 14.1. The summed E-state index contributed by atoms with van der Waals surface area (Å²) in [5.74, 6) is -0.161. The van der Waals surface area contributed by atoms with Crippen LogP contribution in [0.25, 0.3) is 0 Å². The van der Waals surface area contributed by atoms with Crippen LogP contribution >= 0.6 is 0 Å². The topological polar surface area (TPSA) is 188 Å². The molecule has 7 fully saturated rings. The molecule has 5 saturated carbocycles. The molecule has 0 spiro atoms. The Bertz CT molecular complexity index is 1560. The zero-order valence-electron chi connectivity index (χ0n) is 35.0. The van der Waals surface area contributed by atoms with Crippen molar-refractivity contribution in [2.75, 3.05) is 6.61 Å². The smallest absolute Gasteiger partial charge is 0.187 e.